The highest BCUT2D eigenvalue weighted by Crippen LogP contribution is 2.41. The van der Waals surface area contributed by atoms with Gasteiger partial charge in [0.2, 0.25) is 0 Å². The van der Waals surface area contributed by atoms with Gasteiger partial charge in [0.1, 0.15) is 0 Å². The van der Waals surface area contributed by atoms with Crippen molar-refractivity contribution in [3.05, 3.63) is 71.8 Å². The molecular formula is C18H22N2. The highest BCUT2D eigenvalue weighted by molar-refractivity contribution is 5.41. The Kier molecular flexibility index (Phi) is 3.60. The average Bonchev–Trinajstić information content (AvgIpc) is 2.50. The molecule has 0 amide bonds. The molecule has 1 fully saturated rings. The van der Waals surface area contributed by atoms with Gasteiger partial charge in [-0.05, 0) is 37.6 Å². The van der Waals surface area contributed by atoms with Gasteiger partial charge in [0.15, 0.2) is 0 Å². The average molecular weight is 266 g/mol. The van der Waals surface area contributed by atoms with E-state index in [1.165, 1.54) is 17.5 Å². The van der Waals surface area contributed by atoms with Crippen LogP contribution in [0.25, 0.3) is 0 Å². The van der Waals surface area contributed by atoms with Crippen LogP contribution in [0.1, 0.15) is 24.0 Å². The molecule has 2 heteroatoms. The second kappa shape index (κ2) is 5.39. The van der Waals surface area contributed by atoms with Gasteiger partial charge in [-0.2, -0.15) is 0 Å². The van der Waals surface area contributed by atoms with Crippen molar-refractivity contribution in [2.45, 2.75) is 24.4 Å². The summed E-state index contributed by atoms with van der Waals surface area (Å²) >= 11 is 0. The summed E-state index contributed by atoms with van der Waals surface area (Å²) in [5.74, 6) is 0. The third kappa shape index (κ3) is 1.96. The normalized spacial score (nSPS) is 22.6. The standard InChI is InChI=1S/C18H22N2/c1-20-14-8-13-17(19)18(20,15-9-4-2-5-10-15)16-11-6-3-7-12-16/h2-7,9-12,17H,8,13-14,19H2,1H3. The molecule has 0 aliphatic carbocycles. The Bertz CT molecular complexity index is 499. The van der Waals surface area contributed by atoms with Gasteiger partial charge in [-0.3, -0.25) is 4.90 Å². The molecular weight excluding hydrogens is 244 g/mol. The molecule has 1 aliphatic heterocycles. The van der Waals surface area contributed by atoms with Crippen LogP contribution in [0.5, 0.6) is 0 Å². The van der Waals surface area contributed by atoms with E-state index in [9.17, 15) is 0 Å². The monoisotopic (exact) mass is 266 g/mol. The Morgan fingerprint density at radius 2 is 1.45 bits per heavy atom. The van der Waals surface area contributed by atoms with E-state index in [2.05, 4.69) is 72.6 Å². The number of hydrogen-bond acceptors (Lipinski definition) is 2. The number of nitrogens with zero attached hydrogens (tertiary/aromatic N) is 1. The largest absolute Gasteiger partial charge is 0.325 e. The summed E-state index contributed by atoms with van der Waals surface area (Å²) < 4.78 is 0. The zero-order valence-electron chi connectivity index (χ0n) is 12.0. The number of likely N-dealkylation sites (tertiary alicyclic amines) is 1. The molecule has 0 radical (unpaired) electrons. The van der Waals surface area contributed by atoms with Gasteiger partial charge in [0, 0.05) is 6.04 Å². The van der Waals surface area contributed by atoms with Gasteiger partial charge < -0.3 is 5.73 Å². The highest BCUT2D eigenvalue weighted by atomic mass is 15.2. The fourth-order valence-electron chi connectivity index (χ4n) is 3.64. The molecule has 1 atom stereocenters. The predicted molar refractivity (Wildman–Crippen MR) is 83.5 cm³/mol. The van der Waals surface area contributed by atoms with Crippen molar-refractivity contribution in [3.8, 4) is 0 Å². The molecule has 1 unspecified atom stereocenters. The van der Waals surface area contributed by atoms with Crippen molar-refractivity contribution >= 4 is 0 Å². The molecule has 0 saturated carbocycles. The molecule has 2 aromatic carbocycles. The number of hydrogen-bond donors (Lipinski definition) is 1. The summed E-state index contributed by atoms with van der Waals surface area (Å²) in [6.45, 7) is 1.08. The van der Waals surface area contributed by atoms with Crippen LogP contribution in [0.4, 0.5) is 0 Å². The highest BCUT2D eigenvalue weighted by Gasteiger charge is 2.45. The second-order valence-corrected chi connectivity index (χ2v) is 5.67. The van der Waals surface area contributed by atoms with Gasteiger partial charge in [-0.25, -0.2) is 0 Å². The summed E-state index contributed by atoms with van der Waals surface area (Å²) in [6, 6.07) is 21.5. The lowest BCUT2D eigenvalue weighted by Crippen LogP contribution is -2.59. The molecule has 2 N–H and O–H groups in total. The minimum Gasteiger partial charge on any atom is -0.325 e. The summed E-state index contributed by atoms with van der Waals surface area (Å²) in [7, 11) is 2.19. The zero-order valence-corrected chi connectivity index (χ0v) is 12.0. The van der Waals surface area contributed by atoms with E-state index in [1.807, 2.05) is 0 Å². The minimum absolute atomic E-state index is 0.117. The SMILES string of the molecule is CN1CCCC(N)C1(c1ccccc1)c1ccccc1. The van der Waals surface area contributed by atoms with Crippen molar-refractivity contribution in [2.24, 2.45) is 5.73 Å². The first-order chi connectivity index (χ1) is 9.76. The van der Waals surface area contributed by atoms with Gasteiger partial charge in [-0.1, -0.05) is 60.7 Å². The van der Waals surface area contributed by atoms with Crippen molar-refractivity contribution in [2.75, 3.05) is 13.6 Å². The molecule has 0 aromatic heterocycles. The Balaban J connectivity index is 2.22. The van der Waals surface area contributed by atoms with Gasteiger partial charge in [0.25, 0.3) is 0 Å². The Labute approximate surface area is 121 Å². The van der Waals surface area contributed by atoms with Crippen LogP contribution in [0.2, 0.25) is 0 Å². The lowest BCUT2D eigenvalue weighted by molar-refractivity contribution is 0.0857. The third-order valence-corrected chi connectivity index (χ3v) is 4.58. The molecule has 0 spiro atoms. The van der Waals surface area contributed by atoms with Gasteiger partial charge in [-0.15, -0.1) is 0 Å². The maximum Gasteiger partial charge on any atom is 0.0866 e. The van der Waals surface area contributed by atoms with Gasteiger partial charge >= 0.3 is 0 Å². The molecule has 20 heavy (non-hydrogen) atoms. The van der Waals surface area contributed by atoms with Crippen LogP contribution in [0.3, 0.4) is 0 Å². The van der Waals surface area contributed by atoms with Crippen LogP contribution in [0.15, 0.2) is 60.7 Å². The number of likely N-dealkylation sites (N-methyl/N-ethyl adjacent to an activating group) is 1. The Hall–Kier alpha value is -1.64. The summed E-state index contributed by atoms with van der Waals surface area (Å²) in [5, 5.41) is 0. The van der Waals surface area contributed by atoms with E-state index in [1.54, 1.807) is 0 Å². The van der Waals surface area contributed by atoms with Crippen LogP contribution in [-0.2, 0) is 5.54 Å². The van der Waals surface area contributed by atoms with Crippen molar-refractivity contribution < 1.29 is 0 Å². The first kappa shape index (κ1) is 13.3. The number of rotatable bonds is 2. The topological polar surface area (TPSA) is 29.3 Å². The van der Waals surface area contributed by atoms with Gasteiger partial charge in [0.05, 0.1) is 5.54 Å². The van der Waals surface area contributed by atoms with E-state index < -0.39 is 0 Å². The van der Waals surface area contributed by atoms with E-state index in [4.69, 9.17) is 5.73 Å². The predicted octanol–water partition coefficient (Wildman–Crippen LogP) is 2.98. The first-order valence-electron chi connectivity index (χ1n) is 7.34. The fraction of sp³-hybridized carbons (Fsp3) is 0.333. The number of nitrogens with two attached hydrogens (primary N) is 1. The maximum atomic E-state index is 6.63. The van der Waals surface area contributed by atoms with Crippen LogP contribution in [-0.4, -0.2) is 24.5 Å². The fourth-order valence-corrected chi connectivity index (χ4v) is 3.64. The zero-order chi connectivity index (χ0) is 14.0. The molecule has 0 bridgehead atoms. The lowest BCUT2D eigenvalue weighted by Gasteiger charge is -2.50. The maximum absolute atomic E-state index is 6.63. The summed E-state index contributed by atoms with van der Waals surface area (Å²) in [5.41, 5.74) is 9.00. The van der Waals surface area contributed by atoms with Crippen LogP contribution < -0.4 is 5.73 Å². The number of piperidine rings is 1. The summed E-state index contributed by atoms with van der Waals surface area (Å²) in [4.78, 5) is 2.42. The molecule has 104 valence electrons. The molecule has 1 aliphatic rings. The second-order valence-electron chi connectivity index (χ2n) is 5.67. The van der Waals surface area contributed by atoms with Crippen molar-refractivity contribution in [1.29, 1.82) is 0 Å². The molecule has 2 nitrogen and oxygen atoms in total. The molecule has 2 aromatic rings. The van der Waals surface area contributed by atoms with Crippen molar-refractivity contribution in [3.63, 3.8) is 0 Å². The quantitative estimate of drug-likeness (QED) is 0.905. The summed E-state index contributed by atoms with van der Waals surface area (Å²) in [6.07, 6.45) is 2.23. The third-order valence-electron chi connectivity index (χ3n) is 4.58. The van der Waals surface area contributed by atoms with Crippen molar-refractivity contribution in [1.82, 2.24) is 4.90 Å². The molecule has 1 saturated heterocycles. The van der Waals surface area contributed by atoms with E-state index >= 15 is 0 Å². The number of benzene rings is 2. The smallest absolute Gasteiger partial charge is 0.0866 e. The Morgan fingerprint density at radius 1 is 0.950 bits per heavy atom. The molecule has 1 heterocycles. The Morgan fingerprint density at radius 3 is 1.90 bits per heavy atom. The minimum atomic E-state index is -0.208. The van der Waals surface area contributed by atoms with Crippen LogP contribution >= 0.6 is 0 Å². The lowest BCUT2D eigenvalue weighted by atomic mass is 9.72. The first-order valence-corrected chi connectivity index (χ1v) is 7.34. The molecule has 3 rings (SSSR count). The van der Waals surface area contributed by atoms with E-state index in [0.29, 0.717) is 0 Å². The van der Waals surface area contributed by atoms with Crippen LogP contribution in [0, 0.1) is 0 Å². The van der Waals surface area contributed by atoms with E-state index in [-0.39, 0.29) is 11.6 Å². The van der Waals surface area contributed by atoms with E-state index in [0.717, 1.165) is 13.0 Å².